The molecule has 198 valence electrons. The lowest BCUT2D eigenvalue weighted by Crippen LogP contribution is -2.11. The van der Waals surface area contributed by atoms with Crippen molar-refractivity contribution in [3.8, 4) is 22.3 Å². The van der Waals surface area contributed by atoms with Crippen molar-refractivity contribution in [2.24, 2.45) is 0 Å². The van der Waals surface area contributed by atoms with E-state index in [0.29, 0.717) is 0 Å². The molecule has 0 unspecified atom stereocenters. The lowest BCUT2D eigenvalue weighted by Gasteiger charge is -2.28. The van der Waals surface area contributed by atoms with E-state index >= 15 is 0 Å². The predicted molar refractivity (Wildman–Crippen MR) is 182 cm³/mol. The van der Waals surface area contributed by atoms with Gasteiger partial charge >= 0.3 is 0 Å². The zero-order valence-electron chi connectivity index (χ0n) is 22.9. The van der Waals surface area contributed by atoms with E-state index in [1.165, 1.54) is 53.2 Å². The Morgan fingerprint density at radius 2 is 1.02 bits per heavy atom. The highest BCUT2D eigenvalue weighted by Gasteiger charge is 2.18. The van der Waals surface area contributed by atoms with Crippen molar-refractivity contribution in [3.63, 3.8) is 0 Å². The number of benzene rings is 7. The van der Waals surface area contributed by atoms with Crippen molar-refractivity contribution in [3.05, 3.63) is 164 Å². The second-order valence-corrected chi connectivity index (χ2v) is 11.7. The Kier molecular flexibility index (Phi) is 6.05. The van der Waals surface area contributed by atoms with Crippen LogP contribution in [0.15, 0.2) is 164 Å². The smallest absolute Gasteiger partial charge is 0.0540 e. The van der Waals surface area contributed by atoms with Gasteiger partial charge in [-0.05, 0) is 76.0 Å². The first-order valence-corrected chi connectivity index (χ1v) is 15.1. The second kappa shape index (κ2) is 10.3. The van der Waals surface area contributed by atoms with E-state index in [0.717, 1.165) is 17.1 Å². The van der Waals surface area contributed by atoms with Gasteiger partial charge in [-0.15, -0.1) is 11.3 Å². The molecule has 7 aromatic carbocycles. The Bertz CT molecular complexity index is 2180. The van der Waals surface area contributed by atoms with E-state index in [2.05, 4.69) is 169 Å². The normalized spacial score (nSPS) is 11.3. The van der Waals surface area contributed by atoms with Gasteiger partial charge in [0.25, 0.3) is 0 Å². The van der Waals surface area contributed by atoms with Crippen molar-refractivity contribution in [1.29, 1.82) is 0 Å². The van der Waals surface area contributed by atoms with Crippen LogP contribution in [0.5, 0.6) is 0 Å². The summed E-state index contributed by atoms with van der Waals surface area (Å²) in [7, 11) is 0. The summed E-state index contributed by atoms with van der Waals surface area (Å²) in [5, 5.41) is 5.17. The summed E-state index contributed by atoms with van der Waals surface area (Å²) >= 11 is 1.87. The number of fused-ring (bicyclic) bond motifs is 4. The molecule has 0 bridgehead atoms. The molecule has 1 heterocycles. The zero-order valence-corrected chi connectivity index (χ0v) is 23.8. The number of para-hydroxylation sites is 1. The highest BCUT2D eigenvalue weighted by Crippen LogP contribution is 2.43. The fourth-order valence-electron chi connectivity index (χ4n) is 5.99. The molecule has 0 saturated heterocycles. The second-order valence-electron chi connectivity index (χ2n) is 10.6. The van der Waals surface area contributed by atoms with Gasteiger partial charge in [-0.1, -0.05) is 115 Å². The van der Waals surface area contributed by atoms with Crippen LogP contribution in [0.25, 0.3) is 53.2 Å². The summed E-state index contributed by atoms with van der Waals surface area (Å²) in [4.78, 5) is 2.39. The standard InChI is InChI=1S/C40H27NS/c1-3-11-28(12-4-1)29-19-22-33(23-20-29)41(38-17-9-7-15-35(38)30-13-5-2-6-14-30)34-24-21-31-26-37-36-16-8-10-18-39(36)42-40(37)27-32(31)25-34/h1-27H. The number of rotatable bonds is 5. The number of hydrogen-bond donors (Lipinski definition) is 0. The monoisotopic (exact) mass is 553 g/mol. The van der Waals surface area contributed by atoms with Crippen LogP contribution in [0, 0.1) is 0 Å². The largest absolute Gasteiger partial charge is 0.310 e. The van der Waals surface area contributed by atoms with Crippen molar-refractivity contribution in [2.75, 3.05) is 4.90 Å². The maximum absolute atomic E-state index is 2.39. The third-order valence-electron chi connectivity index (χ3n) is 8.04. The van der Waals surface area contributed by atoms with Crippen LogP contribution in [0.3, 0.4) is 0 Å². The van der Waals surface area contributed by atoms with E-state index in [4.69, 9.17) is 0 Å². The summed E-state index contributed by atoms with van der Waals surface area (Å²) in [6.07, 6.45) is 0. The number of nitrogens with zero attached hydrogens (tertiary/aromatic N) is 1. The van der Waals surface area contributed by atoms with Gasteiger partial charge < -0.3 is 4.90 Å². The van der Waals surface area contributed by atoms with Crippen LogP contribution in [0.4, 0.5) is 17.1 Å². The van der Waals surface area contributed by atoms with Gasteiger partial charge in [-0.2, -0.15) is 0 Å². The molecule has 8 aromatic rings. The maximum atomic E-state index is 2.39. The van der Waals surface area contributed by atoms with Crippen molar-refractivity contribution in [2.45, 2.75) is 0 Å². The minimum atomic E-state index is 1.13. The average Bonchev–Trinajstić information content (AvgIpc) is 3.42. The molecule has 1 aromatic heterocycles. The number of anilines is 3. The van der Waals surface area contributed by atoms with Crippen molar-refractivity contribution < 1.29 is 0 Å². The SMILES string of the molecule is c1ccc(-c2ccc(N(c3ccc4cc5c(cc4c3)sc3ccccc35)c3ccccc3-c3ccccc3)cc2)cc1. The highest BCUT2D eigenvalue weighted by atomic mass is 32.1. The molecular formula is C40H27NS. The van der Waals surface area contributed by atoms with Gasteiger partial charge in [-0.3, -0.25) is 0 Å². The van der Waals surface area contributed by atoms with Crippen molar-refractivity contribution >= 4 is 59.3 Å². The van der Waals surface area contributed by atoms with Crippen LogP contribution >= 0.6 is 11.3 Å². The Morgan fingerprint density at radius 1 is 0.381 bits per heavy atom. The molecule has 0 aliphatic heterocycles. The molecule has 0 spiro atoms. The lowest BCUT2D eigenvalue weighted by molar-refractivity contribution is 1.29. The average molecular weight is 554 g/mol. The Balaban J connectivity index is 1.32. The molecule has 0 saturated carbocycles. The van der Waals surface area contributed by atoms with Gasteiger partial charge in [0.15, 0.2) is 0 Å². The molecule has 0 fully saturated rings. The lowest BCUT2D eigenvalue weighted by atomic mass is 10.00. The topological polar surface area (TPSA) is 3.24 Å². The first-order chi connectivity index (χ1) is 20.8. The molecule has 0 radical (unpaired) electrons. The van der Waals surface area contributed by atoms with Crippen molar-refractivity contribution in [1.82, 2.24) is 0 Å². The van der Waals surface area contributed by atoms with Gasteiger partial charge in [0.2, 0.25) is 0 Å². The molecule has 0 amide bonds. The van der Waals surface area contributed by atoms with Gasteiger partial charge in [0.1, 0.15) is 0 Å². The van der Waals surface area contributed by atoms with Gasteiger partial charge in [0, 0.05) is 37.1 Å². The summed E-state index contributed by atoms with van der Waals surface area (Å²) < 4.78 is 2.66. The predicted octanol–water partition coefficient (Wildman–Crippen LogP) is 12.0. The summed E-state index contributed by atoms with van der Waals surface area (Å²) in [5.41, 5.74) is 8.24. The van der Waals surface area contributed by atoms with Crippen LogP contribution in [-0.2, 0) is 0 Å². The molecule has 0 N–H and O–H groups in total. The minimum absolute atomic E-state index is 1.13. The van der Waals surface area contributed by atoms with Gasteiger partial charge in [0.05, 0.1) is 5.69 Å². The Hall–Kier alpha value is -5.18. The third kappa shape index (κ3) is 4.34. The summed E-state index contributed by atoms with van der Waals surface area (Å²) in [5.74, 6) is 0. The minimum Gasteiger partial charge on any atom is -0.310 e. The molecule has 8 rings (SSSR count). The molecule has 1 nitrogen and oxygen atoms in total. The number of thiophene rings is 1. The third-order valence-corrected chi connectivity index (χ3v) is 9.17. The van der Waals surface area contributed by atoms with E-state index in [1.807, 2.05) is 11.3 Å². The van der Waals surface area contributed by atoms with Crippen LogP contribution in [0.1, 0.15) is 0 Å². The molecular weight excluding hydrogens is 527 g/mol. The molecule has 0 aliphatic carbocycles. The van der Waals surface area contributed by atoms with Gasteiger partial charge in [-0.25, -0.2) is 0 Å². The maximum Gasteiger partial charge on any atom is 0.0540 e. The highest BCUT2D eigenvalue weighted by molar-refractivity contribution is 7.25. The van der Waals surface area contributed by atoms with Crippen LogP contribution in [0.2, 0.25) is 0 Å². The van der Waals surface area contributed by atoms with Crippen LogP contribution in [-0.4, -0.2) is 0 Å². The zero-order chi connectivity index (χ0) is 27.9. The first kappa shape index (κ1) is 24.6. The first-order valence-electron chi connectivity index (χ1n) is 14.3. The molecule has 0 aliphatic rings. The molecule has 2 heteroatoms. The van der Waals surface area contributed by atoms with E-state index < -0.39 is 0 Å². The van der Waals surface area contributed by atoms with E-state index in [9.17, 15) is 0 Å². The molecule has 42 heavy (non-hydrogen) atoms. The Morgan fingerprint density at radius 3 is 1.83 bits per heavy atom. The van der Waals surface area contributed by atoms with E-state index in [1.54, 1.807) is 0 Å². The summed E-state index contributed by atoms with van der Waals surface area (Å²) in [6.45, 7) is 0. The van der Waals surface area contributed by atoms with E-state index in [-0.39, 0.29) is 0 Å². The Labute approximate surface area is 249 Å². The van der Waals surface area contributed by atoms with Crippen LogP contribution < -0.4 is 4.90 Å². The fourth-order valence-corrected chi connectivity index (χ4v) is 7.12. The fraction of sp³-hybridized carbons (Fsp3) is 0. The molecule has 0 atom stereocenters. The number of hydrogen-bond acceptors (Lipinski definition) is 2. The summed E-state index contributed by atoms with van der Waals surface area (Å²) in [6, 6.07) is 59.2. The quantitative estimate of drug-likeness (QED) is 0.205.